The Morgan fingerprint density at radius 1 is 1.34 bits per heavy atom. The number of imidazole rings is 1. The Labute approximate surface area is 185 Å². The molecule has 0 aromatic carbocycles. The number of fused-ring (bicyclic) bond motifs is 1. The second-order valence-corrected chi connectivity index (χ2v) is 9.99. The Balaban J connectivity index is 1.52. The lowest BCUT2D eigenvalue weighted by molar-refractivity contribution is -0.117. The zero-order chi connectivity index (χ0) is 23.1. The van der Waals surface area contributed by atoms with Gasteiger partial charge in [-0.25, -0.2) is 9.19 Å². The van der Waals surface area contributed by atoms with Gasteiger partial charge in [0, 0.05) is 43.0 Å². The summed E-state index contributed by atoms with van der Waals surface area (Å²) in [5, 5.41) is 3.73. The van der Waals surface area contributed by atoms with Gasteiger partial charge in [0.1, 0.15) is 5.65 Å². The van der Waals surface area contributed by atoms with Crippen molar-refractivity contribution in [3.8, 4) is 11.4 Å². The van der Waals surface area contributed by atoms with E-state index in [0.29, 0.717) is 22.5 Å². The molecule has 0 aliphatic carbocycles. The lowest BCUT2D eigenvalue weighted by Crippen LogP contribution is -2.07. The molecule has 0 aliphatic heterocycles. The average Bonchev–Trinajstić information content (AvgIpc) is 3.38. The van der Waals surface area contributed by atoms with Gasteiger partial charge in [0.25, 0.3) is 5.91 Å². The molecule has 4 aromatic heterocycles. The van der Waals surface area contributed by atoms with Crippen LogP contribution < -0.4 is 0 Å². The van der Waals surface area contributed by atoms with Crippen molar-refractivity contribution in [3.05, 3.63) is 54.1 Å². The van der Waals surface area contributed by atoms with Crippen molar-refractivity contribution in [3.63, 3.8) is 0 Å². The van der Waals surface area contributed by atoms with E-state index < -0.39 is 26.9 Å². The maximum absolute atomic E-state index is 13.1. The van der Waals surface area contributed by atoms with E-state index in [1.54, 1.807) is 47.0 Å². The number of nitrogens with zero attached hydrogens (tertiary/aromatic N) is 7. The standard InChI is InChI=1S/C18H16ClF2N7O3S/c1-27-8-11(7-22-27)10-32(2,30)26-15(29)6-13-9-28-4-3-12(5-14(28)23-13)16-24-17(31-25-16)18(19,20)21/h3-5,7-9H,6,10H2,1-2H3. The number of amides is 1. The summed E-state index contributed by atoms with van der Waals surface area (Å²) in [6.45, 7) is 0. The normalized spacial score (nSPS) is 13.9. The fourth-order valence-corrected chi connectivity index (χ4v) is 4.41. The first kappa shape index (κ1) is 22.0. The van der Waals surface area contributed by atoms with Gasteiger partial charge in [0.15, 0.2) is 0 Å². The van der Waals surface area contributed by atoms with Crippen molar-refractivity contribution in [2.75, 3.05) is 6.26 Å². The summed E-state index contributed by atoms with van der Waals surface area (Å²) >= 11 is 4.89. The third-order valence-electron chi connectivity index (χ3n) is 4.26. The first-order valence-corrected chi connectivity index (χ1v) is 11.5. The second-order valence-electron chi connectivity index (χ2n) is 7.12. The zero-order valence-electron chi connectivity index (χ0n) is 16.8. The minimum Gasteiger partial charge on any atom is -0.331 e. The fourth-order valence-electron chi connectivity index (χ4n) is 3.01. The molecule has 0 spiro atoms. The van der Waals surface area contributed by atoms with Crippen LogP contribution in [0, 0.1) is 0 Å². The number of pyridine rings is 1. The third-order valence-corrected chi connectivity index (χ3v) is 5.88. The smallest absolute Gasteiger partial charge is 0.331 e. The summed E-state index contributed by atoms with van der Waals surface area (Å²) in [5.74, 6) is -1.56. The summed E-state index contributed by atoms with van der Waals surface area (Å²) in [6, 6.07) is 3.11. The Kier molecular flexibility index (Phi) is 5.54. The quantitative estimate of drug-likeness (QED) is 0.386. The Bertz CT molecular complexity index is 1430. The molecular weight excluding hydrogens is 468 g/mol. The zero-order valence-corrected chi connectivity index (χ0v) is 18.3. The minimum atomic E-state index is -3.77. The number of rotatable bonds is 6. The van der Waals surface area contributed by atoms with Crippen molar-refractivity contribution in [1.29, 1.82) is 0 Å². The highest BCUT2D eigenvalue weighted by molar-refractivity contribution is 7.92. The van der Waals surface area contributed by atoms with E-state index in [1.807, 2.05) is 0 Å². The van der Waals surface area contributed by atoms with Crippen LogP contribution in [-0.2, 0) is 39.1 Å². The van der Waals surface area contributed by atoms with Crippen LogP contribution in [0.5, 0.6) is 0 Å². The Hall–Kier alpha value is -3.19. The fraction of sp³-hybridized carbons (Fsp3) is 0.278. The molecule has 168 valence electrons. The summed E-state index contributed by atoms with van der Waals surface area (Å²) in [6.07, 6.45) is 7.76. The van der Waals surface area contributed by atoms with Crippen LogP contribution in [0.2, 0.25) is 0 Å². The largest absolute Gasteiger partial charge is 0.400 e. The maximum Gasteiger partial charge on any atom is 0.400 e. The van der Waals surface area contributed by atoms with E-state index in [4.69, 9.17) is 11.6 Å². The van der Waals surface area contributed by atoms with E-state index in [1.165, 1.54) is 12.3 Å². The predicted octanol–water partition coefficient (Wildman–Crippen LogP) is 2.77. The number of carbonyl (C=O) groups is 1. The summed E-state index contributed by atoms with van der Waals surface area (Å²) in [7, 11) is -1.05. The van der Waals surface area contributed by atoms with Crippen LogP contribution in [-0.4, -0.2) is 45.7 Å². The molecule has 0 fully saturated rings. The monoisotopic (exact) mass is 483 g/mol. The molecule has 0 saturated heterocycles. The van der Waals surface area contributed by atoms with Crippen molar-refractivity contribution in [2.45, 2.75) is 17.6 Å². The Morgan fingerprint density at radius 2 is 2.12 bits per heavy atom. The lowest BCUT2D eigenvalue weighted by atomic mass is 10.2. The van der Waals surface area contributed by atoms with Crippen molar-refractivity contribution in [2.24, 2.45) is 11.4 Å². The molecule has 1 atom stereocenters. The molecular formula is C18H16ClF2N7O3S. The number of alkyl halides is 3. The van der Waals surface area contributed by atoms with Gasteiger partial charge in [-0.05, 0) is 23.7 Å². The molecule has 0 radical (unpaired) electrons. The van der Waals surface area contributed by atoms with E-state index in [-0.39, 0.29) is 18.0 Å². The maximum atomic E-state index is 13.1. The van der Waals surface area contributed by atoms with Gasteiger partial charge in [0.2, 0.25) is 5.82 Å². The van der Waals surface area contributed by atoms with Crippen molar-refractivity contribution < 1.29 is 22.3 Å². The third kappa shape index (κ3) is 4.99. The van der Waals surface area contributed by atoms with Gasteiger partial charge in [-0.15, -0.1) is 0 Å². The molecule has 1 amide bonds. The summed E-state index contributed by atoms with van der Waals surface area (Å²) in [4.78, 5) is 20.3. The molecule has 0 saturated carbocycles. The number of carbonyl (C=O) groups excluding carboxylic acids is 1. The van der Waals surface area contributed by atoms with Gasteiger partial charge in [0.05, 0.1) is 33.8 Å². The minimum absolute atomic E-state index is 0.0837. The van der Waals surface area contributed by atoms with Gasteiger partial charge in [-0.1, -0.05) is 5.16 Å². The molecule has 4 aromatic rings. The van der Waals surface area contributed by atoms with Crippen LogP contribution >= 0.6 is 11.6 Å². The van der Waals surface area contributed by atoms with Crippen molar-refractivity contribution >= 4 is 32.9 Å². The molecule has 1 unspecified atom stereocenters. The Morgan fingerprint density at radius 3 is 2.78 bits per heavy atom. The summed E-state index contributed by atoms with van der Waals surface area (Å²) < 4.78 is 50.4. The molecule has 0 N–H and O–H groups in total. The molecule has 4 heterocycles. The van der Waals surface area contributed by atoms with E-state index in [9.17, 15) is 17.8 Å². The molecule has 14 heteroatoms. The van der Waals surface area contributed by atoms with Gasteiger partial charge in [-0.2, -0.15) is 23.2 Å². The number of halogens is 3. The molecule has 10 nitrogen and oxygen atoms in total. The van der Waals surface area contributed by atoms with E-state index in [2.05, 4.69) is 29.1 Å². The van der Waals surface area contributed by atoms with Crippen LogP contribution in [0.15, 0.2) is 45.8 Å². The van der Waals surface area contributed by atoms with Crippen LogP contribution in [0.4, 0.5) is 8.78 Å². The SMILES string of the molecule is Cn1cc(CS(C)(=O)=NC(=O)Cc2cn3ccc(-c4noc(C(F)(F)Cl)n4)cc3n2)cn1. The highest BCUT2D eigenvalue weighted by Gasteiger charge is 2.35. The van der Waals surface area contributed by atoms with Gasteiger partial charge >= 0.3 is 11.3 Å². The van der Waals surface area contributed by atoms with Crippen LogP contribution in [0.1, 0.15) is 17.1 Å². The molecule has 0 aliphatic rings. The number of hydrogen-bond donors (Lipinski definition) is 0. The average molecular weight is 484 g/mol. The summed E-state index contributed by atoms with van der Waals surface area (Å²) in [5.41, 5.74) is 1.90. The highest BCUT2D eigenvalue weighted by atomic mass is 35.5. The first-order chi connectivity index (χ1) is 15.0. The molecule has 4 rings (SSSR count). The number of aromatic nitrogens is 6. The number of hydrogen-bond acceptors (Lipinski definition) is 7. The predicted molar refractivity (Wildman–Crippen MR) is 110 cm³/mol. The van der Waals surface area contributed by atoms with Gasteiger partial charge < -0.3 is 8.92 Å². The topological polar surface area (TPSA) is 121 Å². The van der Waals surface area contributed by atoms with E-state index >= 15 is 0 Å². The molecule has 0 bridgehead atoms. The second kappa shape index (κ2) is 8.06. The highest BCUT2D eigenvalue weighted by Crippen LogP contribution is 2.32. The first-order valence-electron chi connectivity index (χ1n) is 9.08. The molecule has 32 heavy (non-hydrogen) atoms. The van der Waals surface area contributed by atoms with Crippen molar-refractivity contribution in [1.82, 2.24) is 29.3 Å². The number of aryl methyl sites for hydroxylation is 1. The van der Waals surface area contributed by atoms with Gasteiger partial charge in [-0.3, -0.25) is 9.48 Å². The van der Waals surface area contributed by atoms with E-state index in [0.717, 1.165) is 0 Å². The lowest BCUT2D eigenvalue weighted by Gasteiger charge is -2.01. The van der Waals surface area contributed by atoms with Crippen LogP contribution in [0.3, 0.4) is 0 Å². The van der Waals surface area contributed by atoms with Crippen LogP contribution in [0.25, 0.3) is 17.0 Å².